The van der Waals surface area contributed by atoms with E-state index in [1.54, 1.807) is 35.4 Å². The number of aryl methyl sites for hydroxylation is 1. The van der Waals surface area contributed by atoms with Crippen molar-refractivity contribution in [1.82, 2.24) is 14.5 Å². The first-order valence-electron chi connectivity index (χ1n) is 10.6. The summed E-state index contributed by atoms with van der Waals surface area (Å²) >= 11 is 0. The Balaban J connectivity index is 1.40. The van der Waals surface area contributed by atoms with Crippen LogP contribution in [0.4, 0.5) is 5.69 Å². The van der Waals surface area contributed by atoms with Crippen LogP contribution in [0.15, 0.2) is 67.0 Å². The number of amides is 2. The predicted molar refractivity (Wildman–Crippen MR) is 120 cm³/mol. The number of benzene rings is 2. The molecule has 0 saturated carbocycles. The van der Waals surface area contributed by atoms with Gasteiger partial charge in [-0.05, 0) is 29.8 Å². The highest BCUT2D eigenvalue weighted by Crippen LogP contribution is 2.30. The van der Waals surface area contributed by atoms with Crippen LogP contribution in [0.3, 0.4) is 0 Å². The van der Waals surface area contributed by atoms with E-state index >= 15 is 0 Å². The van der Waals surface area contributed by atoms with E-state index < -0.39 is 12.1 Å². The number of rotatable bonds is 8. The number of aromatic nitrogens is 2. The molecule has 3 aromatic rings. The number of aliphatic hydroxyl groups is 1. The van der Waals surface area contributed by atoms with Crippen LogP contribution in [0.1, 0.15) is 17.5 Å². The van der Waals surface area contributed by atoms with Gasteiger partial charge in [0.05, 0.1) is 19.2 Å². The molecule has 0 radical (unpaired) electrons. The van der Waals surface area contributed by atoms with Gasteiger partial charge in [-0.25, -0.2) is 4.98 Å². The van der Waals surface area contributed by atoms with Crippen molar-refractivity contribution in [2.24, 2.45) is 7.05 Å². The largest absolute Gasteiger partial charge is 0.484 e. The summed E-state index contributed by atoms with van der Waals surface area (Å²) in [7, 11) is 1.86. The summed E-state index contributed by atoms with van der Waals surface area (Å²) in [5.74, 6) is 0.867. The van der Waals surface area contributed by atoms with Crippen molar-refractivity contribution in [2.45, 2.75) is 18.7 Å². The second-order valence-electron chi connectivity index (χ2n) is 7.73. The van der Waals surface area contributed by atoms with Crippen LogP contribution in [-0.4, -0.2) is 57.2 Å². The molecule has 1 aliphatic rings. The maximum absolute atomic E-state index is 12.5. The normalized spacial score (nSPS) is 18.2. The summed E-state index contributed by atoms with van der Waals surface area (Å²) in [6, 6.07) is 15.7. The third-order valence-corrected chi connectivity index (χ3v) is 5.51. The van der Waals surface area contributed by atoms with Crippen LogP contribution in [0.2, 0.25) is 0 Å². The third-order valence-electron chi connectivity index (χ3n) is 5.51. The van der Waals surface area contributed by atoms with E-state index in [0.29, 0.717) is 11.4 Å². The van der Waals surface area contributed by atoms with E-state index in [4.69, 9.17) is 9.47 Å². The van der Waals surface area contributed by atoms with Crippen LogP contribution in [0.5, 0.6) is 5.75 Å². The van der Waals surface area contributed by atoms with Crippen molar-refractivity contribution in [3.8, 4) is 5.75 Å². The smallest absolute Gasteiger partial charge is 0.262 e. The number of nitrogens with one attached hydrogen (secondary N) is 1. The number of aliphatic hydroxyl groups excluding tert-OH is 1. The van der Waals surface area contributed by atoms with E-state index in [-0.39, 0.29) is 38.2 Å². The Bertz CT molecular complexity index is 1080. The molecule has 33 heavy (non-hydrogen) atoms. The van der Waals surface area contributed by atoms with Crippen LogP contribution in [0.25, 0.3) is 0 Å². The maximum Gasteiger partial charge on any atom is 0.262 e. The molecule has 2 heterocycles. The fourth-order valence-corrected chi connectivity index (χ4v) is 3.74. The number of hydrogen-bond acceptors (Lipinski definition) is 6. The zero-order valence-corrected chi connectivity index (χ0v) is 18.3. The fourth-order valence-electron chi connectivity index (χ4n) is 3.74. The minimum absolute atomic E-state index is 0.0824. The van der Waals surface area contributed by atoms with Gasteiger partial charge in [-0.2, -0.15) is 0 Å². The molecule has 9 heteroatoms. The van der Waals surface area contributed by atoms with Crippen LogP contribution < -0.4 is 10.1 Å². The Morgan fingerprint density at radius 2 is 1.97 bits per heavy atom. The lowest BCUT2D eigenvalue weighted by Crippen LogP contribution is -2.52. The Hall–Kier alpha value is -3.69. The number of ether oxygens (including phenoxy) is 2. The molecule has 2 amide bonds. The van der Waals surface area contributed by atoms with Gasteiger partial charge in [0.1, 0.15) is 24.3 Å². The highest BCUT2D eigenvalue weighted by Gasteiger charge is 2.37. The number of imidazole rings is 1. The van der Waals surface area contributed by atoms with Gasteiger partial charge in [-0.15, -0.1) is 0 Å². The van der Waals surface area contributed by atoms with E-state index in [1.807, 2.05) is 48.1 Å². The van der Waals surface area contributed by atoms with Gasteiger partial charge >= 0.3 is 0 Å². The number of nitrogens with zero attached hydrogens (tertiary/aromatic N) is 3. The van der Waals surface area contributed by atoms with Gasteiger partial charge in [0, 0.05) is 25.1 Å². The Labute approximate surface area is 191 Å². The second kappa shape index (κ2) is 10.3. The van der Waals surface area contributed by atoms with Crippen molar-refractivity contribution < 1.29 is 24.2 Å². The molecule has 4 rings (SSSR count). The van der Waals surface area contributed by atoms with E-state index in [9.17, 15) is 14.7 Å². The first kappa shape index (κ1) is 22.5. The molecule has 0 bridgehead atoms. The van der Waals surface area contributed by atoms with Crippen molar-refractivity contribution in [1.29, 1.82) is 0 Å². The number of para-hydroxylation sites is 1. The summed E-state index contributed by atoms with van der Waals surface area (Å²) in [5.41, 5.74) is 1.41. The molecule has 1 aliphatic heterocycles. The molecule has 2 atom stereocenters. The van der Waals surface area contributed by atoms with Crippen molar-refractivity contribution in [3.63, 3.8) is 0 Å². The number of hydrogen-bond donors (Lipinski definition) is 2. The second-order valence-corrected chi connectivity index (χ2v) is 7.73. The van der Waals surface area contributed by atoms with Crippen molar-refractivity contribution in [3.05, 3.63) is 78.4 Å². The van der Waals surface area contributed by atoms with Gasteiger partial charge in [0.15, 0.2) is 6.61 Å². The maximum atomic E-state index is 12.5. The SMILES string of the molecule is Cn1ccnc1CN1C(=O)COC(c2ccc(NC(=O)COc3ccccc3)cc2)C1CO. The summed E-state index contributed by atoms with van der Waals surface area (Å²) in [6.45, 7) is -0.158. The van der Waals surface area contributed by atoms with Crippen molar-refractivity contribution >= 4 is 17.5 Å². The minimum atomic E-state index is -0.553. The Morgan fingerprint density at radius 3 is 2.64 bits per heavy atom. The molecule has 2 N–H and O–H groups in total. The summed E-state index contributed by atoms with van der Waals surface area (Å²) in [5, 5.41) is 12.9. The average molecular weight is 450 g/mol. The van der Waals surface area contributed by atoms with Crippen LogP contribution in [-0.2, 0) is 27.9 Å². The van der Waals surface area contributed by atoms with Gasteiger partial charge in [0.2, 0.25) is 5.91 Å². The zero-order chi connectivity index (χ0) is 23.2. The lowest BCUT2D eigenvalue weighted by molar-refractivity contribution is -0.162. The molecule has 2 unspecified atom stereocenters. The number of carbonyl (C=O) groups is 2. The average Bonchev–Trinajstić information content (AvgIpc) is 3.24. The number of anilines is 1. The van der Waals surface area contributed by atoms with E-state index in [2.05, 4.69) is 10.3 Å². The Kier molecular flexibility index (Phi) is 7.01. The zero-order valence-electron chi connectivity index (χ0n) is 18.3. The fraction of sp³-hybridized carbons (Fsp3) is 0.292. The number of carbonyl (C=O) groups excluding carboxylic acids is 2. The molecular weight excluding hydrogens is 424 g/mol. The first-order valence-corrected chi connectivity index (χ1v) is 10.6. The quantitative estimate of drug-likeness (QED) is 0.543. The summed E-state index contributed by atoms with van der Waals surface area (Å²) in [6.07, 6.45) is 2.98. The minimum Gasteiger partial charge on any atom is -0.484 e. The standard InChI is InChI=1S/C24H26N4O5/c1-27-12-11-25-21(27)13-28-20(14-29)24(33-16-23(28)31)17-7-9-18(10-8-17)26-22(30)15-32-19-5-3-2-4-6-19/h2-12,20,24,29H,13-16H2,1H3,(H,26,30). The summed E-state index contributed by atoms with van der Waals surface area (Å²) < 4.78 is 13.1. The van der Waals surface area contributed by atoms with Crippen LogP contribution in [0, 0.1) is 0 Å². The molecule has 172 valence electrons. The molecule has 2 aromatic carbocycles. The number of morpholine rings is 1. The summed E-state index contributed by atoms with van der Waals surface area (Å²) in [4.78, 5) is 30.6. The molecular formula is C24H26N4O5. The monoisotopic (exact) mass is 450 g/mol. The molecule has 0 spiro atoms. The van der Waals surface area contributed by atoms with Gasteiger partial charge in [-0.1, -0.05) is 30.3 Å². The highest BCUT2D eigenvalue weighted by atomic mass is 16.5. The lowest BCUT2D eigenvalue weighted by Gasteiger charge is -2.40. The first-order chi connectivity index (χ1) is 16.0. The highest BCUT2D eigenvalue weighted by molar-refractivity contribution is 5.91. The van der Waals surface area contributed by atoms with Gasteiger partial charge < -0.3 is 29.4 Å². The van der Waals surface area contributed by atoms with Crippen molar-refractivity contribution in [2.75, 3.05) is 25.1 Å². The predicted octanol–water partition coefficient (Wildman–Crippen LogP) is 1.90. The molecule has 1 saturated heterocycles. The van der Waals surface area contributed by atoms with Gasteiger partial charge in [0.25, 0.3) is 5.91 Å². The molecule has 9 nitrogen and oxygen atoms in total. The van der Waals surface area contributed by atoms with Gasteiger partial charge in [-0.3, -0.25) is 9.59 Å². The Morgan fingerprint density at radius 1 is 1.21 bits per heavy atom. The third kappa shape index (κ3) is 5.39. The van der Waals surface area contributed by atoms with E-state index in [0.717, 1.165) is 11.4 Å². The lowest BCUT2D eigenvalue weighted by atomic mass is 9.99. The molecule has 0 aliphatic carbocycles. The topological polar surface area (TPSA) is 106 Å². The molecule has 1 fully saturated rings. The van der Waals surface area contributed by atoms with E-state index in [1.165, 1.54) is 0 Å². The molecule has 1 aromatic heterocycles. The van der Waals surface area contributed by atoms with Crippen LogP contribution >= 0.6 is 0 Å².